The highest BCUT2D eigenvalue weighted by Crippen LogP contribution is 2.26. The molecule has 0 saturated heterocycles. The summed E-state index contributed by atoms with van der Waals surface area (Å²) in [5.41, 5.74) is 4.06. The molecule has 0 unspecified atom stereocenters. The van der Waals surface area contributed by atoms with E-state index in [4.69, 9.17) is 19.5 Å². The number of benzene rings is 3. The highest BCUT2D eigenvalue weighted by atomic mass is 16.7. The zero-order valence-corrected chi connectivity index (χ0v) is 16.5. The predicted octanol–water partition coefficient (Wildman–Crippen LogP) is 4.20. The molecule has 1 heterocycles. The van der Waals surface area contributed by atoms with E-state index in [9.17, 15) is 4.79 Å². The van der Waals surface area contributed by atoms with E-state index in [1.165, 1.54) is 0 Å². The van der Waals surface area contributed by atoms with E-state index in [1.807, 2.05) is 48.3 Å². The standard InChI is InChI=1S/C24H20N2O4/c1-26-14-21-12-20(8-11-23(21)28-15-26)24(27)30-16-29-22-9-6-19(7-10-22)18-4-2-17(13-25)3-5-18/h2-12H,14-16H2,1H3. The van der Waals surface area contributed by atoms with Crippen molar-refractivity contribution in [2.24, 2.45) is 0 Å². The molecule has 30 heavy (non-hydrogen) atoms. The summed E-state index contributed by atoms with van der Waals surface area (Å²) in [6, 6.07) is 22.2. The van der Waals surface area contributed by atoms with Crippen LogP contribution in [0.3, 0.4) is 0 Å². The van der Waals surface area contributed by atoms with Gasteiger partial charge < -0.3 is 14.2 Å². The van der Waals surface area contributed by atoms with E-state index in [-0.39, 0.29) is 6.79 Å². The van der Waals surface area contributed by atoms with Crippen LogP contribution in [0.4, 0.5) is 0 Å². The molecule has 0 fully saturated rings. The molecule has 3 aromatic carbocycles. The van der Waals surface area contributed by atoms with Crippen LogP contribution in [0.1, 0.15) is 21.5 Å². The van der Waals surface area contributed by atoms with Crippen LogP contribution in [0.25, 0.3) is 11.1 Å². The SMILES string of the molecule is CN1COc2ccc(C(=O)OCOc3ccc(-c4ccc(C#N)cc4)cc3)cc2C1. The fourth-order valence-corrected chi connectivity index (χ4v) is 3.20. The van der Waals surface area contributed by atoms with Gasteiger partial charge in [0.05, 0.1) is 17.2 Å². The number of ether oxygens (including phenoxy) is 3. The van der Waals surface area contributed by atoms with Gasteiger partial charge in [-0.25, -0.2) is 4.79 Å². The van der Waals surface area contributed by atoms with Gasteiger partial charge in [0.15, 0.2) is 0 Å². The van der Waals surface area contributed by atoms with Gasteiger partial charge in [-0.15, -0.1) is 0 Å². The van der Waals surface area contributed by atoms with Gasteiger partial charge in [0, 0.05) is 12.1 Å². The first-order valence-corrected chi connectivity index (χ1v) is 9.47. The Hall–Kier alpha value is -3.82. The summed E-state index contributed by atoms with van der Waals surface area (Å²) in [4.78, 5) is 14.3. The van der Waals surface area contributed by atoms with Crippen LogP contribution < -0.4 is 9.47 Å². The lowest BCUT2D eigenvalue weighted by Crippen LogP contribution is -2.28. The number of nitriles is 1. The minimum atomic E-state index is -0.444. The van der Waals surface area contributed by atoms with Crippen molar-refractivity contribution < 1.29 is 19.0 Å². The molecule has 0 bridgehead atoms. The maximum atomic E-state index is 12.3. The Morgan fingerprint density at radius 3 is 2.47 bits per heavy atom. The van der Waals surface area contributed by atoms with E-state index in [0.717, 1.165) is 29.0 Å². The lowest BCUT2D eigenvalue weighted by atomic mass is 10.0. The summed E-state index contributed by atoms with van der Waals surface area (Å²) in [7, 11) is 1.95. The van der Waals surface area contributed by atoms with Crippen molar-refractivity contribution >= 4 is 5.97 Å². The first kappa shape index (κ1) is 19.5. The fraction of sp³-hybridized carbons (Fsp3) is 0.167. The summed E-state index contributed by atoms with van der Waals surface area (Å²) in [6.45, 7) is 1.08. The Labute approximate surface area is 174 Å². The summed E-state index contributed by atoms with van der Waals surface area (Å²) < 4.78 is 16.4. The molecular weight excluding hydrogens is 380 g/mol. The molecule has 3 aromatic rings. The molecule has 1 aliphatic rings. The van der Waals surface area contributed by atoms with Crippen molar-refractivity contribution in [1.82, 2.24) is 4.90 Å². The molecule has 0 aromatic heterocycles. The van der Waals surface area contributed by atoms with Crippen molar-refractivity contribution in [3.8, 4) is 28.7 Å². The van der Waals surface area contributed by atoms with Gasteiger partial charge in [0.25, 0.3) is 0 Å². The lowest BCUT2D eigenvalue weighted by Gasteiger charge is -2.25. The Morgan fingerprint density at radius 1 is 1.07 bits per heavy atom. The van der Waals surface area contributed by atoms with Gasteiger partial charge in [-0.2, -0.15) is 5.26 Å². The molecule has 0 amide bonds. The first-order valence-electron chi connectivity index (χ1n) is 9.47. The van der Waals surface area contributed by atoms with Crippen LogP contribution >= 0.6 is 0 Å². The molecule has 6 nitrogen and oxygen atoms in total. The molecule has 4 rings (SSSR count). The number of hydrogen-bond acceptors (Lipinski definition) is 6. The smallest absolute Gasteiger partial charge is 0.341 e. The number of hydrogen-bond donors (Lipinski definition) is 0. The second-order valence-corrected chi connectivity index (χ2v) is 7.02. The quantitative estimate of drug-likeness (QED) is 0.472. The van der Waals surface area contributed by atoms with Crippen LogP contribution in [0.15, 0.2) is 66.7 Å². The van der Waals surface area contributed by atoms with Crippen molar-refractivity contribution in [3.63, 3.8) is 0 Å². The minimum Gasteiger partial charge on any atom is -0.478 e. The lowest BCUT2D eigenvalue weighted by molar-refractivity contribution is 0.0153. The number of nitrogens with zero attached hydrogens (tertiary/aromatic N) is 2. The predicted molar refractivity (Wildman–Crippen MR) is 111 cm³/mol. The van der Waals surface area contributed by atoms with Gasteiger partial charge in [0.2, 0.25) is 6.79 Å². The maximum absolute atomic E-state index is 12.3. The molecule has 0 spiro atoms. The summed E-state index contributed by atoms with van der Waals surface area (Å²) >= 11 is 0. The van der Waals surface area contributed by atoms with Gasteiger partial charge >= 0.3 is 5.97 Å². The van der Waals surface area contributed by atoms with Gasteiger partial charge in [-0.05, 0) is 60.6 Å². The number of carbonyl (C=O) groups is 1. The zero-order valence-electron chi connectivity index (χ0n) is 16.5. The zero-order chi connectivity index (χ0) is 20.9. The molecule has 150 valence electrons. The third-order valence-electron chi connectivity index (χ3n) is 4.79. The highest BCUT2D eigenvalue weighted by Gasteiger charge is 2.17. The van der Waals surface area contributed by atoms with Crippen LogP contribution in [-0.2, 0) is 11.3 Å². The molecule has 0 aliphatic carbocycles. The Balaban J connectivity index is 1.32. The van der Waals surface area contributed by atoms with Crippen molar-refractivity contribution in [1.29, 1.82) is 5.26 Å². The summed E-state index contributed by atoms with van der Waals surface area (Å²) in [5, 5.41) is 8.88. The normalized spacial score (nSPS) is 12.9. The third kappa shape index (κ3) is 4.43. The molecule has 0 saturated carbocycles. The average Bonchev–Trinajstić information content (AvgIpc) is 2.79. The van der Waals surface area contributed by atoms with Crippen molar-refractivity contribution in [2.75, 3.05) is 20.6 Å². The second kappa shape index (κ2) is 8.68. The third-order valence-corrected chi connectivity index (χ3v) is 4.79. The first-order chi connectivity index (χ1) is 14.6. The molecule has 1 aliphatic heterocycles. The molecular formula is C24H20N2O4. The number of fused-ring (bicyclic) bond motifs is 1. The maximum Gasteiger partial charge on any atom is 0.341 e. The van der Waals surface area contributed by atoms with E-state index in [0.29, 0.717) is 23.6 Å². The van der Waals surface area contributed by atoms with E-state index >= 15 is 0 Å². The largest absolute Gasteiger partial charge is 0.478 e. The second-order valence-electron chi connectivity index (χ2n) is 7.02. The van der Waals surface area contributed by atoms with Crippen LogP contribution in [-0.4, -0.2) is 31.4 Å². The Morgan fingerprint density at radius 2 is 1.77 bits per heavy atom. The number of carbonyl (C=O) groups excluding carboxylic acids is 1. The van der Waals surface area contributed by atoms with Crippen LogP contribution in [0, 0.1) is 11.3 Å². The van der Waals surface area contributed by atoms with Crippen molar-refractivity contribution in [3.05, 3.63) is 83.4 Å². The minimum absolute atomic E-state index is 0.178. The van der Waals surface area contributed by atoms with Crippen LogP contribution in [0.5, 0.6) is 11.5 Å². The number of esters is 1. The van der Waals surface area contributed by atoms with Gasteiger partial charge in [-0.3, -0.25) is 4.90 Å². The average molecular weight is 400 g/mol. The molecule has 0 N–H and O–H groups in total. The molecule has 0 atom stereocenters. The highest BCUT2D eigenvalue weighted by molar-refractivity contribution is 5.89. The Kier molecular flexibility index (Phi) is 5.64. The van der Waals surface area contributed by atoms with Crippen molar-refractivity contribution in [2.45, 2.75) is 6.54 Å². The monoisotopic (exact) mass is 400 g/mol. The van der Waals surface area contributed by atoms with E-state index in [2.05, 4.69) is 6.07 Å². The van der Waals surface area contributed by atoms with E-state index < -0.39 is 5.97 Å². The van der Waals surface area contributed by atoms with Gasteiger partial charge in [0.1, 0.15) is 18.2 Å². The fourth-order valence-electron chi connectivity index (χ4n) is 3.20. The molecule has 6 heteroatoms. The topological polar surface area (TPSA) is 71.8 Å². The number of rotatable bonds is 5. The Bertz CT molecular complexity index is 1090. The summed E-state index contributed by atoms with van der Waals surface area (Å²) in [5.74, 6) is 0.948. The van der Waals surface area contributed by atoms with E-state index in [1.54, 1.807) is 30.3 Å². The van der Waals surface area contributed by atoms with Crippen LogP contribution in [0.2, 0.25) is 0 Å². The van der Waals surface area contributed by atoms with Gasteiger partial charge in [-0.1, -0.05) is 24.3 Å². The molecule has 0 radical (unpaired) electrons. The summed E-state index contributed by atoms with van der Waals surface area (Å²) in [6.07, 6.45) is 0.